The molecule has 2 aromatic rings. The van der Waals surface area contributed by atoms with E-state index in [2.05, 4.69) is 12.1 Å². The fraction of sp³-hybridized carbons (Fsp3) is 0.211. The van der Waals surface area contributed by atoms with E-state index in [0.717, 1.165) is 28.5 Å². The van der Waals surface area contributed by atoms with Crippen molar-refractivity contribution in [3.05, 3.63) is 70.3 Å². The molecular formula is C19H12N2O. The summed E-state index contributed by atoms with van der Waals surface area (Å²) < 4.78 is 0. The van der Waals surface area contributed by atoms with Crippen molar-refractivity contribution >= 4 is 6.29 Å². The molecule has 2 bridgehead atoms. The van der Waals surface area contributed by atoms with Gasteiger partial charge in [0, 0.05) is 17.4 Å². The molecule has 0 amide bonds. The lowest BCUT2D eigenvalue weighted by atomic mass is 9.54. The second kappa shape index (κ2) is 4.55. The lowest BCUT2D eigenvalue weighted by Crippen LogP contribution is -2.39. The van der Waals surface area contributed by atoms with Crippen molar-refractivity contribution in [3.63, 3.8) is 0 Å². The van der Waals surface area contributed by atoms with Crippen LogP contribution < -0.4 is 0 Å². The normalized spacial score (nSPS) is 27.2. The van der Waals surface area contributed by atoms with Crippen LogP contribution in [0, 0.1) is 34.5 Å². The van der Waals surface area contributed by atoms with Gasteiger partial charge < -0.3 is 0 Å². The van der Waals surface area contributed by atoms with Crippen molar-refractivity contribution in [1.82, 2.24) is 0 Å². The van der Waals surface area contributed by atoms with Crippen LogP contribution in [-0.4, -0.2) is 6.29 Å². The standard InChI is InChI=1S/C19H12N2O/c20-8-15-16(9-21)19-13-6-2-1-5-12(13)18(15)14-7-3-4-11(10-22)17(14)19/h1-7,10,15-16,18-19H/t15-,16+,18+,19+/m0/s1. The van der Waals surface area contributed by atoms with E-state index >= 15 is 0 Å². The summed E-state index contributed by atoms with van der Waals surface area (Å²) in [7, 11) is 0. The fourth-order valence-corrected chi connectivity index (χ4v) is 4.22. The molecule has 0 saturated carbocycles. The Labute approximate surface area is 128 Å². The molecule has 4 atom stereocenters. The topological polar surface area (TPSA) is 64.7 Å². The summed E-state index contributed by atoms with van der Waals surface area (Å²) in [4.78, 5) is 11.5. The van der Waals surface area contributed by atoms with Gasteiger partial charge in [-0.3, -0.25) is 4.79 Å². The molecule has 0 unspecified atom stereocenters. The Morgan fingerprint density at radius 2 is 1.41 bits per heavy atom. The van der Waals surface area contributed by atoms with Gasteiger partial charge in [-0.05, 0) is 22.3 Å². The second-order valence-corrected chi connectivity index (χ2v) is 5.86. The molecule has 0 N–H and O–H groups in total. The van der Waals surface area contributed by atoms with Crippen LogP contribution in [0.5, 0.6) is 0 Å². The summed E-state index contributed by atoms with van der Waals surface area (Å²) in [6, 6.07) is 18.3. The lowest BCUT2D eigenvalue weighted by Gasteiger charge is -2.46. The number of rotatable bonds is 1. The maximum absolute atomic E-state index is 11.5. The van der Waals surface area contributed by atoms with Gasteiger partial charge in [0.1, 0.15) is 6.29 Å². The molecule has 5 rings (SSSR count). The highest BCUT2D eigenvalue weighted by atomic mass is 16.1. The highest BCUT2D eigenvalue weighted by Crippen LogP contribution is 2.58. The molecule has 3 heteroatoms. The van der Waals surface area contributed by atoms with Crippen LogP contribution in [0.3, 0.4) is 0 Å². The number of carbonyl (C=O) groups excluding carboxylic acids is 1. The number of hydrogen-bond donors (Lipinski definition) is 0. The van der Waals surface area contributed by atoms with Gasteiger partial charge in [0.05, 0.1) is 24.0 Å². The number of aldehydes is 1. The zero-order valence-corrected chi connectivity index (χ0v) is 11.7. The molecule has 0 aliphatic heterocycles. The summed E-state index contributed by atoms with van der Waals surface area (Å²) in [6.07, 6.45) is 0.859. The summed E-state index contributed by atoms with van der Waals surface area (Å²) in [5.41, 5.74) is 4.83. The van der Waals surface area contributed by atoms with E-state index in [1.165, 1.54) is 0 Å². The molecule has 0 fully saturated rings. The van der Waals surface area contributed by atoms with Crippen molar-refractivity contribution in [2.45, 2.75) is 11.8 Å². The maximum atomic E-state index is 11.5. The quantitative estimate of drug-likeness (QED) is 0.754. The fourth-order valence-electron chi connectivity index (χ4n) is 4.22. The first-order chi connectivity index (χ1) is 10.8. The van der Waals surface area contributed by atoms with Crippen LogP contribution in [0.25, 0.3) is 0 Å². The summed E-state index contributed by atoms with van der Waals surface area (Å²) in [6.45, 7) is 0. The molecule has 0 aromatic heterocycles. The molecule has 0 radical (unpaired) electrons. The Bertz CT molecular complexity index is 872. The number of carbonyl (C=O) groups is 1. The SMILES string of the molecule is N#C[C@@H]1[C@@H]2c3ccccc3[C@@H](c3c(C=O)cccc32)[C@@H]1C#N. The van der Waals surface area contributed by atoms with Gasteiger partial charge in [-0.25, -0.2) is 0 Å². The van der Waals surface area contributed by atoms with E-state index in [-0.39, 0.29) is 17.8 Å². The Kier molecular flexibility index (Phi) is 2.65. The first kappa shape index (κ1) is 12.8. The summed E-state index contributed by atoms with van der Waals surface area (Å²) in [5.74, 6) is -1.07. The van der Waals surface area contributed by atoms with E-state index in [1.807, 2.05) is 36.4 Å². The molecule has 22 heavy (non-hydrogen) atoms. The molecular weight excluding hydrogens is 272 g/mol. The van der Waals surface area contributed by atoms with Gasteiger partial charge in [0.25, 0.3) is 0 Å². The first-order valence-electron chi connectivity index (χ1n) is 7.28. The third-order valence-electron chi connectivity index (χ3n) is 5.02. The number of nitriles is 2. The number of hydrogen-bond acceptors (Lipinski definition) is 3. The van der Waals surface area contributed by atoms with E-state index < -0.39 is 5.92 Å². The average molecular weight is 284 g/mol. The zero-order valence-electron chi connectivity index (χ0n) is 11.7. The third-order valence-corrected chi connectivity index (χ3v) is 5.02. The van der Waals surface area contributed by atoms with Crippen molar-refractivity contribution in [2.24, 2.45) is 11.8 Å². The minimum atomic E-state index is -0.404. The maximum Gasteiger partial charge on any atom is 0.150 e. The summed E-state index contributed by atoms with van der Waals surface area (Å²) in [5, 5.41) is 19.3. The average Bonchev–Trinajstić information content (AvgIpc) is 2.60. The molecule has 0 saturated heterocycles. The molecule has 0 heterocycles. The number of nitrogens with zero attached hydrogens (tertiary/aromatic N) is 2. The number of fused-ring (bicyclic) bond motifs is 1. The molecule has 104 valence electrons. The van der Waals surface area contributed by atoms with E-state index in [4.69, 9.17) is 0 Å². The van der Waals surface area contributed by atoms with E-state index in [9.17, 15) is 15.3 Å². The smallest absolute Gasteiger partial charge is 0.150 e. The zero-order chi connectivity index (χ0) is 15.3. The molecule has 3 aliphatic carbocycles. The minimum Gasteiger partial charge on any atom is -0.298 e. The van der Waals surface area contributed by atoms with Crippen molar-refractivity contribution in [2.75, 3.05) is 0 Å². The summed E-state index contributed by atoms with van der Waals surface area (Å²) >= 11 is 0. The van der Waals surface area contributed by atoms with Gasteiger partial charge in [-0.15, -0.1) is 0 Å². The van der Waals surface area contributed by atoms with Gasteiger partial charge in [-0.1, -0.05) is 42.5 Å². The van der Waals surface area contributed by atoms with Crippen LogP contribution >= 0.6 is 0 Å². The Morgan fingerprint density at radius 3 is 2.05 bits per heavy atom. The Hall–Kier alpha value is -2.91. The third kappa shape index (κ3) is 1.41. The van der Waals surface area contributed by atoms with Gasteiger partial charge in [0.15, 0.2) is 0 Å². The van der Waals surface area contributed by atoms with Gasteiger partial charge in [0.2, 0.25) is 0 Å². The van der Waals surface area contributed by atoms with Gasteiger partial charge >= 0.3 is 0 Å². The highest BCUT2D eigenvalue weighted by Gasteiger charge is 2.50. The lowest BCUT2D eigenvalue weighted by molar-refractivity contribution is 0.112. The predicted octanol–water partition coefficient (Wildman–Crippen LogP) is 3.37. The molecule has 3 nitrogen and oxygen atoms in total. The largest absolute Gasteiger partial charge is 0.298 e. The highest BCUT2D eigenvalue weighted by molar-refractivity contribution is 5.81. The van der Waals surface area contributed by atoms with Crippen molar-refractivity contribution in [3.8, 4) is 12.1 Å². The van der Waals surface area contributed by atoms with Crippen molar-refractivity contribution < 1.29 is 4.79 Å². The van der Waals surface area contributed by atoms with Crippen LogP contribution in [-0.2, 0) is 0 Å². The minimum absolute atomic E-state index is 0.120. The van der Waals surface area contributed by atoms with Gasteiger partial charge in [-0.2, -0.15) is 10.5 Å². The Morgan fingerprint density at radius 1 is 0.818 bits per heavy atom. The number of benzene rings is 2. The second-order valence-electron chi connectivity index (χ2n) is 5.86. The monoisotopic (exact) mass is 284 g/mol. The van der Waals surface area contributed by atoms with E-state index in [0.29, 0.717) is 5.56 Å². The predicted molar refractivity (Wildman–Crippen MR) is 80.2 cm³/mol. The van der Waals surface area contributed by atoms with E-state index in [1.54, 1.807) is 6.07 Å². The first-order valence-corrected chi connectivity index (χ1v) is 7.28. The van der Waals surface area contributed by atoms with Crippen LogP contribution in [0.4, 0.5) is 0 Å². The molecule has 0 spiro atoms. The van der Waals surface area contributed by atoms with Crippen molar-refractivity contribution in [1.29, 1.82) is 10.5 Å². The molecule has 2 aromatic carbocycles. The van der Waals surface area contributed by atoms with Crippen LogP contribution in [0.2, 0.25) is 0 Å². The molecule has 3 aliphatic rings. The Balaban J connectivity index is 2.11. The van der Waals surface area contributed by atoms with Crippen LogP contribution in [0.15, 0.2) is 42.5 Å². The van der Waals surface area contributed by atoms with Crippen LogP contribution in [0.1, 0.15) is 44.4 Å².